The Labute approximate surface area is 118 Å². The molecule has 0 bridgehead atoms. The SMILES string of the molecule is C=C(O)c1ccc(C#CC(=N)c2ccccc2C)cc1. The first kappa shape index (κ1) is 13.6. The van der Waals surface area contributed by atoms with E-state index in [-0.39, 0.29) is 5.76 Å². The Morgan fingerprint density at radius 3 is 2.35 bits per heavy atom. The Balaban J connectivity index is 2.21. The van der Waals surface area contributed by atoms with Crippen LogP contribution in [0, 0.1) is 24.2 Å². The van der Waals surface area contributed by atoms with Gasteiger partial charge in [0, 0.05) is 16.7 Å². The Morgan fingerprint density at radius 1 is 1.10 bits per heavy atom. The van der Waals surface area contributed by atoms with Gasteiger partial charge in [-0.3, -0.25) is 5.41 Å². The van der Waals surface area contributed by atoms with Crippen LogP contribution in [-0.4, -0.2) is 10.8 Å². The lowest BCUT2D eigenvalue weighted by Crippen LogP contribution is -1.97. The van der Waals surface area contributed by atoms with E-state index in [1.807, 2.05) is 31.2 Å². The van der Waals surface area contributed by atoms with Crippen LogP contribution in [-0.2, 0) is 0 Å². The zero-order chi connectivity index (χ0) is 14.5. The Hall–Kier alpha value is -2.79. The van der Waals surface area contributed by atoms with Gasteiger partial charge in [0.05, 0.1) is 0 Å². The summed E-state index contributed by atoms with van der Waals surface area (Å²) < 4.78 is 0. The number of aliphatic hydroxyl groups excluding tert-OH is 1. The molecule has 2 heteroatoms. The Kier molecular flexibility index (Phi) is 4.02. The highest BCUT2D eigenvalue weighted by atomic mass is 16.3. The van der Waals surface area contributed by atoms with E-state index in [0.717, 1.165) is 16.7 Å². The van der Waals surface area contributed by atoms with Crippen molar-refractivity contribution >= 4 is 11.5 Å². The number of benzene rings is 2. The molecule has 2 aromatic carbocycles. The highest BCUT2D eigenvalue weighted by molar-refractivity contribution is 6.12. The fourth-order valence-electron chi connectivity index (χ4n) is 1.80. The molecular weight excluding hydrogens is 246 g/mol. The quantitative estimate of drug-likeness (QED) is 0.480. The van der Waals surface area contributed by atoms with Crippen LogP contribution in [0.15, 0.2) is 55.1 Å². The molecule has 0 amide bonds. The molecule has 0 spiro atoms. The molecule has 0 saturated carbocycles. The van der Waals surface area contributed by atoms with Crippen molar-refractivity contribution in [2.45, 2.75) is 6.92 Å². The van der Waals surface area contributed by atoms with Crippen molar-refractivity contribution in [1.82, 2.24) is 0 Å². The van der Waals surface area contributed by atoms with Gasteiger partial charge in [0.2, 0.25) is 0 Å². The molecule has 20 heavy (non-hydrogen) atoms. The lowest BCUT2D eigenvalue weighted by atomic mass is 10.0. The van der Waals surface area contributed by atoms with E-state index >= 15 is 0 Å². The van der Waals surface area contributed by atoms with E-state index in [9.17, 15) is 5.11 Å². The third-order valence-corrected chi connectivity index (χ3v) is 2.96. The molecule has 0 radical (unpaired) electrons. The molecule has 0 aromatic heterocycles. The van der Waals surface area contributed by atoms with Crippen molar-refractivity contribution in [1.29, 1.82) is 5.41 Å². The number of rotatable bonds is 2. The van der Waals surface area contributed by atoms with Crippen LogP contribution in [0.25, 0.3) is 5.76 Å². The van der Waals surface area contributed by atoms with Gasteiger partial charge in [0.15, 0.2) is 0 Å². The average Bonchev–Trinajstić information content (AvgIpc) is 2.45. The summed E-state index contributed by atoms with van der Waals surface area (Å²) in [7, 11) is 0. The molecule has 0 aliphatic rings. The summed E-state index contributed by atoms with van der Waals surface area (Å²) in [6.45, 7) is 5.43. The predicted octanol–water partition coefficient (Wildman–Crippen LogP) is 3.94. The minimum Gasteiger partial charge on any atom is -0.508 e. The van der Waals surface area contributed by atoms with Crippen molar-refractivity contribution in [2.24, 2.45) is 0 Å². The highest BCUT2D eigenvalue weighted by Crippen LogP contribution is 2.10. The van der Waals surface area contributed by atoms with Crippen LogP contribution in [0.1, 0.15) is 22.3 Å². The van der Waals surface area contributed by atoms with E-state index in [1.165, 1.54) is 0 Å². The molecule has 0 fully saturated rings. The Bertz CT molecular complexity index is 715. The van der Waals surface area contributed by atoms with Gasteiger partial charge in [-0.15, -0.1) is 0 Å². The normalized spacial score (nSPS) is 9.45. The first-order chi connectivity index (χ1) is 9.58. The molecule has 0 unspecified atom stereocenters. The van der Waals surface area contributed by atoms with Crippen molar-refractivity contribution in [2.75, 3.05) is 0 Å². The van der Waals surface area contributed by atoms with E-state index in [1.54, 1.807) is 24.3 Å². The summed E-state index contributed by atoms with van der Waals surface area (Å²) >= 11 is 0. The second-order valence-electron chi connectivity index (χ2n) is 4.46. The number of hydrogen-bond donors (Lipinski definition) is 2. The first-order valence-corrected chi connectivity index (χ1v) is 6.23. The van der Waals surface area contributed by atoms with E-state index in [2.05, 4.69) is 18.4 Å². The zero-order valence-corrected chi connectivity index (χ0v) is 11.3. The van der Waals surface area contributed by atoms with E-state index in [4.69, 9.17) is 5.41 Å². The van der Waals surface area contributed by atoms with Crippen LogP contribution in [0.4, 0.5) is 0 Å². The zero-order valence-electron chi connectivity index (χ0n) is 11.3. The minimum absolute atomic E-state index is 0.0390. The molecule has 0 aliphatic carbocycles. The Morgan fingerprint density at radius 2 is 1.75 bits per heavy atom. The molecule has 2 aromatic rings. The lowest BCUT2D eigenvalue weighted by Gasteiger charge is -2.01. The maximum absolute atomic E-state index is 9.25. The van der Waals surface area contributed by atoms with E-state index in [0.29, 0.717) is 11.3 Å². The second kappa shape index (κ2) is 5.90. The molecule has 0 atom stereocenters. The summed E-state index contributed by atoms with van der Waals surface area (Å²) in [4.78, 5) is 0. The predicted molar refractivity (Wildman–Crippen MR) is 83.0 cm³/mol. The van der Waals surface area contributed by atoms with Gasteiger partial charge in [-0.2, -0.15) is 0 Å². The summed E-state index contributed by atoms with van der Waals surface area (Å²) in [5.74, 6) is 5.84. The summed E-state index contributed by atoms with van der Waals surface area (Å²) in [6.07, 6.45) is 0. The van der Waals surface area contributed by atoms with E-state index < -0.39 is 0 Å². The molecule has 0 saturated heterocycles. The largest absolute Gasteiger partial charge is 0.508 e. The molecule has 2 nitrogen and oxygen atoms in total. The number of aliphatic hydroxyl groups is 1. The van der Waals surface area contributed by atoms with Gasteiger partial charge in [-0.05, 0) is 30.5 Å². The lowest BCUT2D eigenvalue weighted by molar-refractivity contribution is 0.514. The molecule has 98 valence electrons. The maximum atomic E-state index is 9.25. The van der Waals surface area contributed by atoms with Gasteiger partial charge in [0.1, 0.15) is 11.5 Å². The van der Waals surface area contributed by atoms with Crippen molar-refractivity contribution in [3.8, 4) is 11.8 Å². The highest BCUT2D eigenvalue weighted by Gasteiger charge is 2.00. The van der Waals surface area contributed by atoms with Crippen LogP contribution in [0.5, 0.6) is 0 Å². The van der Waals surface area contributed by atoms with Crippen LogP contribution in [0.2, 0.25) is 0 Å². The molecular formula is C18H15NO. The standard InChI is InChI=1S/C18H15NO/c1-13-5-3-4-6-17(13)18(19)12-9-15-7-10-16(11-8-15)14(2)20/h3-8,10-11,19-20H,2H2,1H3. The fourth-order valence-corrected chi connectivity index (χ4v) is 1.80. The molecule has 2 N–H and O–H groups in total. The number of aryl methyl sites for hydroxylation is 1. The summed E-state index contributed by atoms with van der Waals surface area (Å²) in [6, 6.07) is 14.8. The first-order valence-electron chi connectivity index (χ1n) is 6.23. The van der Waals surface area contributed by atoms with Crippen LogP contribution >= 0.6 is 0 Å². The summed E-state index contributed by atoms with van der Waals surface area (Å²) in [5, 5.41) is 17.2. The van der Waals surface area contributed by atoms with Crippen molar-refractivity contribution < 1.29 is 5.11 Å². The van der Waals surface area contributed by atoms with Gasteiger partial charge < -0.3 is 5.11 Å². The van der Waals surface area contributed by atoms with Crippen molar-refractivity contribution in [3.05, 3.63) is 77.4 Å². The third kappa shape index (κ3) is 3.15. The summed E-state index contributed by atoms with van der Waals surface area (Å²) in [5.41, 5.74) is 3.66. The van der Waals surface area contributed by atoms with Gasteiger partial charge in [-0.1, -0.05) is 48.9 Å². The molecule has 0 aliphatic heterocycles. The fraction of sp³-hybridized carbons (Fsp3) is 0.0556. The van der Waals surface area contributed by atoms with Crippen LogP contribution < -0.4 is 0 Å². The van der Waals surface area contributed by atoms with Crippen LogP contribution in [0.3, 0.4) is 0 Å². The monoisotopic (exact) mass is 261 g/mol. The van der Waals surface area contributed by atoms with Gasteiger partial charge in [-0.25, -0.2) is 0 Å². The molecule has 0 heterocycles. The average molecular weight is 261 g/mol. The second-order valence-corrected chi connectivity index (χ2v) is 4.46. The number of hydrogen-bond acceptors (Lipinski definition) is 2. The number of nitrogens with one attached hydrogen (secondary N) is 1. The van der Waals surface area contributed by atoms with Gasteiger partial charge >= 0.3 is 0 Å². The smallest absolute Gasteiger partial charge is 0.115 e. The molecule has 2 rings (SSSR count). The minimum atomic E-state index is 0.0390. The third-order valence-electron chi connectivity index (χ3n) is 2.96. The topological polar surface area (TPSA) is 44.1 Å². The maximum Gasteiger partial charge on any atom is 0.115 e. The van der Waals surface area contributed by atoms with Gasteiger partial charge in [0.25, 0.3) is 0 Å². The van der Waals surface area contributed by atoms with Crippen molar-refractivity contribution in [3.63, 3.8) is 0 Å².